The number of carbonyl (C=O) groups is 1. The van der Waals surface area contributed by atoms with E-state index in [-0.39, 0.29) is 23.6 Å². The molecular formula is C26H26F3N3O3S. The third kappa shape index (κ3) is 5.82. The third-order valence-corrected chi connectivity index (χ3v) is 7.54. The van der Waals surface area contributed by atoms with Crippen LogP contribution in [0.25, 0.3) is 11.3 Å². The Morgan fingerprint density at radius 3 is 2.36 bits per heavy atom. The molecule has 0 unspecified atom stereocenters. The minimum Gasteiger partial charge on any atom is -0.406 e. The maximum atomic E-state index is 13.4. The van der Waals surface area contributed by atoms with E-state index in [0.717, 1.165) is 28.2 Å². The van der Waals surface area contributed by atoms with Gasteiger partial charge in [-0.25, -0.2) is 9.78 Å². The molecule has 0 radical (unpaired) electrons. The number of hydrogen-bond acceptors (Lipinski definition) is 5. The minimum absolute atomic E-state index is 0.0160. The van der Waals surface area contributed by atoms with Crippen molar-refractivity contribution in [2.45, 2.75) is 24.6 Å². The highest BCUT2D eigenvalue weighted by Crippen LogP contribution is 2.39. The van der Waals surface area contributed by atoms with Crippen molar-refractivity contribution in [2.75, 3.05) is 39.4 Å². The van der Waals surface area contributed by atoms with E-state index in [1.807, 2.05) is 40.6 Å². The second-order valence-corrected chi connectivity index (χ2v) is 9.86. The monoisotopic (exact) mass is 517 g/mol. The number of rotatable bonds is 4. The molecule has 2 atom stereocenters. The Hall–Kier alpha value is -3.11. The molecule has 0 saturated carbocycles. The Kier molecular flexibility index (Phi) is 7.15. The largest absolute Gasteiger partial charge is 0.573 e. The molecule has 2 amide bonds. The van der Waals surface area contributed by atoms with Crippen LogP contribution in [-0.2, 0) is 4.74 Å². The molecule has 2 fully saturated rings. The van der Waals surface area contributed by atoms with Crippen molar-refractivity contribution < 1.29 is 27.4 Å². The fourth-order valence-corrected chi connectivity index (χ4v) is 5.72. The number of likely N-dealkylation sites (tertiary alicyclic amines) is 1. The van der Waals surface area contributed by atoms with Crippen LogP contribution in [0.5, 0.6) is 5.75 Å². The summed E-state index contributed by atoms with van der Waals surface area (Å²) in [4.78, 5) is 21.9. The first kappa shape index (κ1) is 24.6. The topological polar surface area (TPSA) is 54.9 Å². The summed E-state index contributed by atoms with van der Waals surface area (Å²) in [5.41, 5.74) is 2.81. The number of benzene rings is 2. The fraction of sp³-hybridized carbons (Fsp3) is 0.385. The zero-order chi connectivity index (χ0) is 25.1. The zero-order valence-electron chi connectivity index (χ0n) is 19.5. The molecule has 0 aliphatic carbocycles. The van der Waals surface area contributed by atoms with E-state index in [9.17, 15) is 18.0 Å². The van der Waals surface area contributed by atoms with E-state index in [1.54, 1.807) is 28.4 Å². The zero-order valence-corrected chi connectivity index (χ0v) is 20.3. The molecule has 1 aromatic heterocycles. The van der Waals surface area contributed by atoms with Crippen LogP contribution < -0.4 is 4.74 Å². The van der Waals surface area contributed by atoms with Gasteiger partial charge in [-0.05, 0) is 24.1 Å². The lowest BCUT2D eigenvalue weighted by Gasteiger charge is -2.40. The third-order valence-electron chi connectivity index (χ3n) is 6.53. The number of piperidine rings is 1. The van der Waals surface area contributed by atoms with Gasteiger partial charge in [0.25, 0.3) is 0 Å². The number of nitrogens with zero attached hydrogens (tertiary/aromatic N) is 3. The number of aromatic nitrogens is 1. The number of urea groups is 1. The maximum Gasteiger partial charge on any atom is 0.573 e. The number of alkyl halides is 3. The minimum atomic E-state index is -4.74. The predicted molar refractivity (Wildman–Crippen MR) is 130 cm³/mol. The SMILES string of the molecule is O=C(N1CCOCC1)N1C[C@H](c2ccc(OC(F)(F)F)cc2)C[C@H](c2nc(-c3ccccc3)cs2)C1. The number of halogens is 3. The summed E-state index contributed by atoms with van der Waals surface area (Å²) >= 11 is 1.58. The van der Waals surface area contributed by atoms with Crippen LogP contribution in [0.4, 0.5) is 18.0 Å². The lowest BCUT2D eigenvalue weighted by molar-refractivity contribution is -0.274. The van der Waals surface area contributed by atoms with Crippen molar-refractivity contribution >= 4 is 17.4 Å². The standard InChI is InChI=1S/C26H26F3N3O3S/c27-26(28,29)35-22-8-6-18(7-9-22)20-14-21(16-32(15-20)25(33)31-10-12-34-13-11-31)24-30-23(17-36-24)19-4-2-1-3-5-19/h1-9,17,20-21H,10-16H2/t20-,21+/m1/s1. The van der Waals surface area contributed by atoms with E-state index in [2.05, 4.69) is 4.74 Å². The average molecular weight is 518 g/mol. The Bertz CT molecular complexity index is 1160. The summed E-state index contributed by atoms with van der Waals surface area (Å²) in [6.45, 7) is 3.15. The smallest absolute Gasteiger partial charge is 0.406 e. The highest BCUT2D eigenvalue weighted by atomic mass is 32.1. The number of morpholine rings is 1. The number of thiazole rings is 1. The molecule has 2 aromatic carbocycles. The molecule has 0 N–H and O–H groups in total. The quantitative estimate of drug-likeness (QED) is 0.443. The van der Waals surface area contributed by atoms with E-state index in [1.165, 1.54) is 12.1 Å². The van der Waals surface area contributed by atoms with Crippen LogP contribution in [0, 0.1) is 0 Å². The Labute approximate surface area is 211 Å². The normalized spacial score (nSPS) is 20.9. The second-order valence-electron chi connectivity index (χ2n) is 8.97. The molecule has 3 aromatic rings. The molecule has 3 heterocycles. The molecular weight excluding hydrogens is 491 g/mol. The molecule has 36 heavy (non-hydrogen) atoms. The van der Waals surface area contributed by atoms with Crippen LogP contribution in [0.1, 0.15) is 28.8 Å². The first-order valence-corrected chi connectivity index (χ1v) is 12.7. The summed E-state index contributed by atoms with van der Waals surface area (Å²) in [6.07, 6.45) is -3.99. The Balaban J connectivity index is 1.39. The molecule has 0 bridgehead atoms. The van der Waals surface area contributed by atoms with Crippen molar-refractivity contribution in [3.8, 4) is 17.0 Å². The van der Waals surface area contributed by atoms with Gasteiger partial charge in [-0.1, -0.05) is 42.5 Å². The number of ether oxygens (including phenoxy) is 2. The highest BCUT2D eigenvalue weighted by Gasteiger charge is 2.36. The van der Waals surface area contributed by atoms with Gasteiger partial charge in [-0.2, -0.15) is 0 Å². The van der Waals surface area contributed by atoms with Gasteiger partial charge in [0.05, 0.1) is 23.9 Å². The number of carbonyl (C=O) groups excluding carboxylic acids is 1. The maximum absolute atomic E-state index is 13.4. The van der Waals surface area contributed by atoms with E-state index >= 15 is 0 Å². The summed E-state index contributed by atoms with van der Waals surface area (Å²) < 4.78 is 47.2. The van der Waals surface area contributed by atoms with E-state index in [4.69, 9.17) is 9.72 Å². The lowest BCUT2D eigenvalue weighted by atomic mass is 9.84. The molecule has 10 heteroatoms. The van der Waals surface area contributed by atoms with Gasteiger partial charge in [0, 0.05) is 49.0 Å². The van der Waals surface area contributed by atoms with E-state index in [0.29, 0.717) is 39.4 Å². The second kappa shape index (κ2) is 10.5. The summed E-state index contributed by atoms with van der Waals surface area (Å²) in [5.74, 6) is -0.285. The lowest BCUT2D eigenvalue weighted by Crippen LogP contribution is -2.52. The van der Waals surface area contributed by atoms with Crippen molar-refractivity contribution in [1.29, 1.82) is 0 Å². The van der Waals surface area contributed by atoms with Crippen LogP contribution in [0.3, 0.4) is 0 Å². The Morgan fingerprint density at radius 1 is 0.972 bits per heavy atom. The molecule has 6 nitrogen and oxygen atoms in total. The summed E-state index contributed by atoms with van der Waals surface area (Å²) in [5, 5.41) is 2.99. The van der Waals surface area contributed by atoms with Gasteiger partial charge in [0.2, 0.25) is 0 Å². The van der Waals surface area contributed by atoms with Crippen molar-refractivity contribution in [1.82, 2.24) is 14.8 Å². The summed E-state index contributed by atoms with van der Waals surface area (Å²) in [6, 6.07) is 15.9. The number of amides is 2. The van der Waals surface area contributed by atoms with E-state index < -0.39 is 6.36 Å². The summed E-state index contributed by atoms with van der Waals surface area (Å²) in [7, 11) is 0. The van der Waals surface area contributed by atoms with Crippen molar-refractivity contribution in [3.05, 3.63) is 70.5 Å². The predicted octanol–water partition coefficient (Wildman–Crippen LogP) is 5.73. The first-order valence-electron chi connectivity index (χ1n) is 11.8. The molecule has 190 valence electrons. The molecule has 2 aliphatic heterocycles. The van der Waals surface area contributed by atoms with Crippen LogP contribution in [0.15, 0.2) is 60.0 Å². The molecule has 2 aliphatic rings. The fourth-order valence-electron chi connectivity index (χ4n) is 4.79. The van der Waals surface area contributed by atoms with Crippen LogP contribution in [-0.4, -0.2) is 66.6 Å². The van der Waals surface area contributed by atoms with Crippen LogP contribution >= 0.6 is 11.3 Å². The van der Waals surface area contributed by atoms with Crippen molar-refractivity contribution in [2.24, 2.45) is 0 Å². The number of hydrogen-bond donors (Lipinski definition) is 0. The molecule has 5 rings (SSSR count). The first-order chi connectivity index (χ1) is 17.4. The van der Waals surface area contributed by atoms with Gasteiger partial charge in [0.15, 0.2) is 0 Å². The van der Waals surface area contributed by atoms with Gasteiger partial charge < -0.3 is 19.3 Å². The van der Waals surface area contributed by atoms with Gasteiger partial charge in [0.1, 0.15) is 5.75 Å². The van der Waals surface area contributed by atoms with Crippen LogP contribution in [0.2, 0.25) is 0 Å². The molecule has 0 spiro atoms. The average Bonchev–Trinajstić information content (AvgIpc) is 3.39. The van der Waals surface area contributed by atoms with Gasteiger partial charge in [-0.3, -0.25) is 0 Å². The highest BCUT2D eigenvalue weighted by molar-refractivity contribution is 7.10. The Morgan fingerprint density at radius 2 is 1.67 bits per heavy atom. The van der Waals surface area contributed by atoms with Gasteiger partial charge in [-0.15, -0.1) is 24.5 Å². The van der Waals surface area contributed by atoms with Gasteiger partial charge >= 0.3 is 12.4 Å². The molecule has 2 saturated heterocycles. The van der Waals surface area contributed by atoms with Crippen molar-refractivity contribution in [3.63, 3.8) is 0 Å².